The van der Waals surface area contributed by atoms with Gasteiger partial charge in [0.15, 0.2) is 9.84 Å². The van der Waals surface area contributed by atoms with Gasteiger partial charge in [-0.3, -0.25) is 20.2 Å². The van der Waals surface area contributed by atoms with E-state index >= 15 is 0 Å². The molecule has 27 heavy (non-hydrogen) atoms. The normalized spacial score (nSPS) is 20.1. The molecule has 144 valence electrons. The molecule has 2 unspecified atom stereocenters. The Balaban J connectivity index is 1.82. The van der Waals surface area contributed by atoms with Crippen LogP contribution in [0.25, 0.3) is 0 Å². The third kappa shape index (κ3) is 4.25. The van der Waals surface area contributed by atoms with Gasteiger partial charge in [0.05, 0.1) is 22.7 Å². The molecule has 0 radical (unpaired) electrons. The summed E-state index contributed by atoms with van der Waals surface area (Å²) in [4.78, 5) is 15.8. The summed E-state index contributed by atoms with van der Waals surface area (Å²) in [6.45, 7) is -0.0443. The Labute approximate surface area is 155 Å². The topological polar surface area (TPSA) is 126 Å². The molecule has 1 aromatic heterocycles. The Morgan fingerprint density at radius 3 is 2.37 bits per heavy atom. The number of sulfone groups is 1. The van der Waals surface area contributed by atoms with Gasteiger partial charge in [-0.15, -0.1) is 0 Å². The maximum Gasteiger partial charge on any atom is 0.279 e. The van der Waals surface area contributed by atoms with Crippen molar-refractivity contribution in [3.05, 3.63) is 48.8 Å². The number of rotatable bonds is 5. The molecular weight excluding hydrogens is 376 g/mol. The van der Waals surface area contributed by atoms with Gasteiger partial charge in [0.2, 0.25) is 0 Å². The van der Waals surface area contributed by atoms with Gasteiger partial charge in [0.1, 0.15) is 11.5 Å². The van der Waals surface area contributed by atoms with Crippen molar-refractivity contribution >= 4 is 15.7 Å². The summed E-state index contributed by atoms with van der Waals surface area (Å²) in [6.07, 6.45) is 3.21. The van der Waals surface area contributed by atoms with Crippen LogP contribution in [-0.4, -0.2) is 53.4 Å². The minimum Gasteiger partial charge on any atom is -0.457 e. The molecule has 1 fully saturated rings. The standard InChI is InChI=1S/C17H18N2O7S/c20-17(19(21)22)15-11-25-10-7-16(15)27(23,24)14-3-1-12(2-4-14)26-13-5-8-18-9-6-13/h1-6,8-9,15-16,21-22H,7,10-11H2. The van der Waals surface area contributed by atoms with Gasteiger partial charge in [-0.2, -0.15) is 0 Å². The van der Waals surface area contributed by atoms with Crippen molar-refractivity contribution in [3.8, 4) is 11.5 Å². The highest BCUT2D eigenvalue weighted by molar-refractivity contribution is 7.92. The zero-order valence-electron chi connectivity index (χ0n) is 14.1. The zero-order valence-corrected chi connectivity index (χ0v) is 14.9. The van der Waals surface area contributed by atoms with E-state index in [1.807, 2.05) is 0 Å². The molecule has 2 aromatic rings. The number of amides is 1. The summed E-state index contributed by atoms with van der Waals surface area (Å²) in [5.41, 5.74) is 0. The lowest BCUT2D eigenvalue weighted by atomic mass is 10.0. The second kappa shape index (κ2) is 8.01. The van der Waals surface area contributed by atoms with E-state index in [0.29, 0.717) is 11.5 Å². The first-order valence-electron chi connectivity index (χ1n) is 8.11. The van der Waals surface area contributed by atoms with E-state index in [-0.39, 0.29) is 24.5 Å². The summed E-state index contributed by atoms with van der Waals surface area (Å²) < 4.78 is 36.7. The van der Waals surface area contributed by atoms with Crippen molar-refractivity contribution in [2.24, 2.45) is 5.92 Å². The molecule has 0 bridgehead atoms. The van der Waals surface area contributed by atoms with E-state index in [4.69, 9.17) is 19.9 Å². The van der Waals surface area contributed by atoms with Gasteiger partial charge in [-0.25, -0.2) is 8.42 Å². The minimum atomic E-state index is -3.89. The lowest BCUT2D eigenvalue weighted by Crippen LogP contribution is -2.46. The third-order valence-electron chi connectivity index (χ3n) is 4.24. The van der Waals surface area contributed by atoms with Crippen LogP contribution in [0.3, 0.4) is 0 Å². The third-order valence-corrected chi connectivity index (χ3v) is 6.53. The molecule has 0 saturated carbocycles. The van der Waals surface area contributed by atoms with Crippen LogP contribution in [0.15, 0.2) is 53.7 Å². The Morgan fingerprint density at radius 1 is 1.11 bits per heavy atom. The van der Waals surface area contributed by atoms with Crippen molar-refractivity contribution in [2.75, 3.05) is 13.2 Å². The maximum atomic E-state index is 13.0. The monoisotopic (exact) mass is 394 g/mol. The quantitative estimate of drug-likeness (QED) is 0.579. The molecule has 1 aliphatic rings. The highest BCUT2D eigenvalue weighted by atomic mass is 32.2. The number of nitrogens with zero attached hydrogens (tertiary/aromatic N) is 2. The van der Waals surface area contributed by atoms with Crippen molar-refractivity contribution < 1.29 is 33.1 Å². The van der Waals surface area contributed by atoms with Crippen LogP contribution in [0.4, 0.5) is 0 Å². The van der Waals surface area contributed by atoms with Gasteiger partial charge >= 0.3 is 0 Å². The number of hydrogen-bond acceptors (Lipinski definition) is 8. The lowest BCUT2D eigenvalue weighted by Gasteiger charge is -2.30. The summed E-state index contributed by atoms with van der Waals surface area (Å²) in [6, 6.07) is 9.12. The lowest BCUT2D eigenvalue weighted by molar-refractivity contribution is -0.289. The summed E-state index contributed by atoms with van der Waals surface area (Å²) in [5, 5.41) is 16.2. The van der Waals surface area contributed by atoms with E-state index in [9.17, 15) is 13.2 Å². The summed E-state index contributed by atoms with van der Waals surface area (Å²) >= 11 is 0. The molecule has 1 aliphatic heterocycles. The van der Waals surface area contributed by atoms with Crippen molar-refractivity contribution in [3.63, 3.8) is 0 Å². The molecule has 2 heterocycles. The van der Waals surface area contributed by atoms with Crippen LogP contribution < -0.4 is 4.74 Å². The Bertz CT molecular complexity index is 885. The molecule has 2 N–H and O–H groups in total. The highest BCUT2D eigenvalue weighted by Crippen LogP contribution is 2.30. The molecule has 2 atom stereocenters. The Kier molecular flexibility index (Phi) is 5.71. The summed E-state index contributed by atoms with van der Waals surface area (Å²) in [7, 11) is -3.89. The van der Waals surface area contributed by atoms with Gasteiger partial charge < -0.3 is 9.47 Å². The van der Waals surface area contributed by atoms with Crippen molar-refractivity contribution in [1.82, 2.24) is 10.2 Å². The largest absolute Gasteiger partial charge is 0.457 e. The van der Waals surface area contributed by atoms with Crippen LogP contribution in [0.1, 0.15) is 6.42 Å². The molecule has 3 rings (SSSR count). The molecule has 1 amide bonds. The number of benzene rings is 1. The second-order valence-electron chi connectivity index (χ2n) is 5.94. The van der Waals surface area contributed by atoms with Crippen LogP contribution in [-0.2, 0) is 19.4 Å². The fourth-order valence-electron chi connectivity index (χ4n) is 2.88. The molecule has 10 heteroatoms. The molecule has 0 spiro atoms. The van der Waals surface area contributed by atoms with Crippen LogP contribution in [0.5, 0.6) is 11.5 Å². The smallest absolute Gasteiger partial charge is 0.279 e. The molecular formula is C17H18N2O7S. The average Bonchev–Trinajstić information content (AvgIpc) is 2.68. The van der Waals surface area contributed by atoms with E-state index in [1.165, 1.54) is 24.3 Å². The minimum absolute atomic E-state index is 0.0108. The fourth-order valence-corrected chi connectivity index (χ4v) is 4.78. The fraction of sp³-hybridized carbons (Fsp3) is 0.294. The van der Waals surface area contributed by atoms with E-state index in [1.54, 1.807) is 24.5 Å². The number of hydrogen-bond donors (Lipinski definition) is 2. The maximum absolute atomic E-state index is 13.0. The highest BCUT2D eigenvalue weighted by Gasteiger charge is 2.42. The van der Waals surface area contributed by atoms with Crippen molar-refractivity contribution in [2.45, 2.75) is 16.6 Å². The average molecular weight is 394 g/mol. The molecule has 1 aromatic carbocycles. The van der Waals surface area contributed by atoms with Gasteiger partial charge in [-0.1, -0.05) is 5.23 Å². The van der Waals surface area contributed by atoms with E-state index < -0.39 is 32.1 Å². The van der Waals surface area contributed by atoms with Crippen molar-refractivity contribution in [1.29, 1.82) is 0 Å². The van der Waals surface area contributed by atoms with E-state index in [0.717, 1.165) is 0 Å². The first kappa shape index (κ1) is 19.2. The molecule has 1 saturated heterocycles. The van der Waals surface area contributed by atoms with Crippen LogP contribution >= 0.6 is 0 Å². The predicted octanol–water partition coefficient (Wildman–Crippen LogP) is 1.66. The molecule has 9 nitrogen and oxygen atoms in total. The number of aromatic nitrogens is 1. The SMILES string of the molecule is O=C(C1COCCC1S(=O)(=O)c1ccc(Oc2ccncc2)cc1)N(O)O. The van der Waals surface area contributed by atoms with E-state index in [2.05, 4.69) is 4.98 Å². The summed E-state index contributed by atoms with van der Waals surface area (Å²) in [5.74, 6) is -1.33. The van der Waals surface area contributed by atoms with Gasteiger partial charge in [-0.05, 0) is 42.8 Å². The number of carbonyl (C=O) groups excluding carboxylic acids is 1. The number of carbonyl (C=O) groups is 1. The van der Waals surface area contributed by atoms with Crippen LogP contribution in [0, 0.1) is 5.92 Å². The first-order valence-corrected chi connectivity index (χ1v) is 9.65. The van der Waals surface area contributed by atoms with Crippen LogP contribution in [0.2, 0.25) is 0 Å². The number of pyridine rings is 1. The number of hydroxylamine groups is 2. The van der Waals surface area contributed by atoms with Gasteiger partial charge in [0, 0.05) is 19.0 Å². The second-order valence-corrected chi connectivity index (χ2v) is 8.10. The zero-order chi connectivity index (χ0) is 19.4. The van der Waals surface area contributed by atoms with Gasteiger partial charge in [0.25, 0.3) is 5.91 Å². The number of ether oxygens (including phenoxy) is 2. The Hall–Kier alpha value is -2.53. The Morgan fingerprint density at radius 2 is 1.74 bits per heavy atom. The molecule has 0 aliphatic carbocycles. The predicted molar refractivity (Wildman–Crippen MR) is 91.1 cm³/mol. The first-order chi connectivity index (χ1) is 12.9.